The highest BCUT2D eigenvalue weighted by molar-refractivity contribution is 7.09. The van der Waals surface area contributed by atoms with E-state index in [1.165, 1.54) is 0 Å². The Hall–Kier alpha value is -1.18. The van der Waals surface area contributed by atoms with Crippen LogP contribution >= 0.6 is 11.3 Å². The first-order chi connectivity index (χ1) is 8.67. The Bertz CT molecular complexity index is 379. The molecule has 18 heavy (non-hydrogen) atoms. The summed E-state index contributed by atoms with van der Waals surface area (Å²) in [5.74, 6) is 6.14. The molecule has 6 nitrogen and oxygen atoms in total. The van der Waals surface area contributed by atoms with E-state index in [4.69, 9.17) is 10.6 Å². The van der Waals surface area contributed by atoms with E-state index >= 15 is 0 Å². The molecule has 0 aromatic carbocycles. The smallest absolute Gasteiger partial charge is 0.208 e. The number of aliphatic imine (C=N–C) groups is 1. The van der Waals surface area contributed by atoms with Crippen LogP contribution in [0, 0.1) is 6.92 Å². The third kappa shape index (κ3) is 4.99. The van der Waals surface area contributed by atoms with Gasteiger partial charge < -0.3 is 9.64 Å². The molecule has 0 amide bonds. The van der Waals surface area contributed by atoms with Gasteiger partial charge in [0.25, 0.3) is 0 Å². The third-order valence-corrected chi connectivity index (χ3v) is 3.15. The summed E-state index contributed by atoms with van der Waals surface area (Å²) in [6, 6.07) is 0. The Morgan fingerprint density at radius 1 is 1.67 bits per heavy atom. The predicted octanol–water partition coefficient (Wildman–Crippen LogP) is 0.739. The van der Waals surface area contributed by atoms with Crippen molar-refractivity contribution in [3.63, 3.8) is 0 Å². The maximum atomic E-state index is 5.48. The zero-order chi connectivity index (χ0) is 13.4. The minimum Gasteiger partial charge on any atom is -0.385 e. The molecule has 0 atom stereocenters. The number of hydrazine groups is 1. The quantitative estimate of drug-likeness (QED) is 0.262. The second-order valence-corrected chi connectivity index (χ2v) is 4.97. The van der Waals surface area contributed by atoms with Crippen molar-refractivity contribution in [1.82, 2.24) is 15.3 Å². The lowest BCUT2D eigenvalue weighted by Gasteiger charge is -2.19. The van der Waals surface area contributed by atoms with Gasteiger partial charge in [0.05, 0.1) is 17.2 Å². The van der Waals surface area contributed by atoms with Crippen LogP contribution in [0.2, 0.25) is 0 Å². The number of aryl methyl sites for hydroxylation is 1. The zero-order valence-electron chi connectivity index (χ0n) is 11.1. The van der Waals surface area contributed by atoms with E-state index in [9.17, 15) is 0 Å². The molecular formula is C11H21N5OS. The summed E-state index contributed by atoms with van der Waals surface area (Å²) in [5, 5.41) is 3.11. The van der Waals surface area contributed by atoms with Crippen LogP contribution in [-0.2, 0) is 11.3 Å². The predicted molar refractivity (Wildman–Crippen MR) is 74.4 cm³/mol. The van der Waals surface area contributed by atoms with Crippen LogP contribution in [0.1, 0.15) is 17.1 Å². The molecule has 0 saturated heterocycles. The number of aromatic nitrogens is 1. The molecule has 1 rings (SSSR count). The molecule has 0 fully saturated rings. The molecule has 1 aromatic rings. The fourth-order valence-corrected chi connectivity index (χ4v) is 2.07. The second-order valence-electron chi connectivity index (χ2n) is 3.91. The maximum Gasteiger partial charge on any atom is 0.208 e. The van der Waals surface area contributed by atoms with E-state index in [0.29, 0.717) is 25.7 Å². The second kappa shape index (κ2) is 8.02. The van der Waals surface area contributed by atoms with Crippen molar-refractivity contribution in [2.24, 2.45) is 10.8 Å². The van der Waals surface area contributed by atoms with Crippen molar-refractivity contribution in [1.29, 1.82) is 0 Å². The molecule has 7 heteroatoms. The van der Waals surface area contributed by atoms with Gasteiger partial charge in [-0.3, -0.25) is 10.4 Å². The van der Waals surface area contributed by atoms with Crippen molar-refractivity contribution < 1.29 is 4.74 Å². The molecule has 1 aromatic heterocycles. The van der Waals surface area contributed by atoms with Crippen LogP contribution in [0.3, 0.4) is 0 Å². The van der Waals surface area contributed by atoms with Crippen molar-refractivity contribution >= 4 is 17.3 Å². The van der Waals surface area contributed by atoms with Crippen molar-refractivity contribution in [2.45, 2.75) is 19.9 Å². The lowest BCUT2D eigenvalue weighted by molar-refractivity contribution is 0.197. The molecule has 0 aliphatic carbocycles. The molecule has 102 valence electrons. The monoisotopic (exact) mass is 271 g/mol. The van der Waals surface area contributed by atoms with Gasteiger partial charge in [0.1, 0.15) is 0 Å². The number of thiazole rings is 1. The minimum atomic E-state index is 0.664. The van der Waals surface area contributed by atoms with E-state index in [2.05, 4.69) is 15.4 Å². The Balaban J connectivity index is 2.48. The summed E-state index contributed by atoms with van der Waals surface area (Å²) in [6.07, 6.45) is 0.880. The Labute approximate surface area is 112 Å². The molecule has 0 bridgehead atoms. The number of nitrogens with one attached hydrogen (secondary N) is 1. The standard InChI is InChI=1S/C11H21N5OS/c1-9-14-10(8-18-9)7-16(2)11(15-12)13-5-4-6-17-3/h8H,4-7,12H2,1-3H3,(H,13,15). The molecule has 1 heterocycles. The highest BCUT2D eigenvalue weighted by atomic mass is 32.1. The van der Waals surface area contributed by atoms with E-state index in [1.54, 1.807) is 18.4 Å². The van der Waals surface area contributed by atoms with Gasteiger partial charge in [0.2, 0.25) is 5.96 Å². The van der Waals surface area contributed by atoms with Crippen LogP contribution < -0.4 is 11.3 Å². The fraction of sp³-hybridized carbons (Fsp3) is 0.636. The van der Waals surface area contributed by atoms with Crippen LogP contribution in [0.5, 0.6) is 0 Å². The average Bonchev–Trinajstić information content (AvgIpc) is 2.75. The van der Waals surface area contributed by atoms with Crippen molar-refractivity contribution in [3.05, 3.63) is 16.1 Å². The third-order valence-electron chi connectivity index (χ3n) is 2.32. The van der Waals surface area contributed by atoms with Crippen LogP contribution in [0.15, 0.2) is 10.4 Å². The zero-order valence-corrected chi connectivity index (χ0v) is 12.0. The van der Waals surface area contributed by atoms with Crippen LogP contribution in [0.25, 0.3) is 0 Å². The topological polar surface area (TPSA) is 75.8 Å². The summed E-state index contributed by atoms with van der Waals surface area (Å²) >= 11 is 1.64. The molecule has 3 N–H and O–H groups in total. The van der Waals surface area contributed by atoms with Crippen LogP contribution in [0.4, 0.5) is 0 Å². The molecule has 0 aliphatic rings. The lowest BCUT2D eigenvalue weighted by Crippen LogP contribution is -2.42. The maximum absolute atomic E-state index is 5.48. The average molecular weight is 271 g/mol. The van der Waals surface area contributed by atoms with Gasteiger partial charge in [-0.05, 0) is 13.3 Å². The van der Waals surface area contributed by atoms with Gasteiger partial charge in [-0.1, -0.05) is 0 Å². The fourth-order valence-electron chi connectivity index (χ4n) is 1.47. The number of nitrogens with two attached hydrogens (primary N) is 1. The number of guanidine groups is 1. The first-order valence-electron chi connectivity index (χ1n) is 5.79. The number of hydrogen-bond acceptors (Lipinski definition) is 5. The van der Waals surface area contributed by atoms with E-state index in [1.807, 2.05) is 24.3 Å². The Kier molecular flexibility index (Phi) is 6.63. The van der Waals surface area contributed by atoms with E-state index in [0.717, 1.165) is 17.1 Å². The van der Waals surface area contributed by atoms with Gasteiger partial charge in [-0.15, -0.1) is 11.3 Å². The van der Waals surface area contributed by atoms with E-state index < -0.39 is 0 Å². The lowest BCUT2D eigenvalue weighted by atomic mass is 10.4. The van der Waals surface area contributed by atoms with Gasteiger partial charge in [-0.25, -0.2) is 10.8 Å². The summed E-state index contributed by atoms with van der Waals surface area (Å²) in [5.41, 5.74) is 3.64. The molecule has 0 aliphatic heterocycles. The summed E-state index contributed by atoms with van der Waals surface area (Å²) in [6.45, 7) is 4.08. The van der Waals surface area contributed by atoms with Gasteiger partial charge in [-0.2, -0.15) is 0 Å². The normalized spacial score (nSPS) is 11.7. The van der Waals surface area contributed by atoms with Gasteiger partial charge >= 0.3 is 0 Å². The van der Waals surface area contributed by atoms with Crippen LogP contribution in [-0.4, -0.2) is 43.2 Å². The number of hydrogen-bond donors (Lipinski definition) is 2. The Morgan fingerprint density at radius 3 is 3.00 bits per heavy atom. The highest BCUT2D eigenvalue weighted by Gasteiger charge is 2.07. The number of ether oxygens (including phenoxy) is 1. The van der Waals surface area contributed by atoms with Crippen molar-refractivity contribution in [3.8, 4) is 0 Å². The molecule has 0 spiro atoms. The molecular weight excluding hydrogens is 250 g/mol. The highest BCUT2D eigenvalue weighted by Crippen LogP contribution is 2.09. The molecule has 0 saturated carbocycles. The SMILES string of the molecule is COCCCN=C(NN)N(C)Cc1csc(C)n1. The van der Waals surface area contributed by atoms with Gasteiger partial charge in [0, 0.05) is 32.7 Å². The summed E-state index contributed by atoms with van der Waals surface area (Å²) in [7, 11) is 3.62. The summed E-state index contributed by atoms with van der Waals surface area (Å²) < 4.78 is 4.97. The minimum absolute atomic E-state index is 0.664. The van der Waals surface area contributed by atoms with Crippen molar-refractivity contribution in [2.75, 3.05) is 27.3 Å². The summed E-state index contributed by atoms with van der Waals surface area (Å²) in [4.78, 5) is 10.7. The Morgan fingerprint density at radius 2 is 2.44 bits per heavy atom. The number of methoxy groups -OCH3 is 1. The molecule has 0 radical (unpaired) electrons. The molecule has 0 unspecified atom stereocenters. The van der Waals surface area contributed by atoms with E-state index in [-0.39, 0.29) is 0 Å². The largest absolute Gasteiger partial charge is 0.385 e. The first-order valence-corrected chi connectivity index (χ1v) is 6.67. The number of rotatable bonds is 6. The first kappa shape index (κ1) is 14.9. The van der Waals surface area contributed by atoms with Gasteiger partial charge in [0.15, 0.2) is 0 Å². The number of nitrogens with zero attached hydrogens (tertiary/aromatic N) is 3.